The molecule has 3 amide bonds. The van der Waals surface area contributed by atoms with Gasteiger partial charge in [-0.15, -0.1) is 0 Å². The number of carbonyl (C=O) groups is 3. The van der Waals surface area contributed by atoms with Crippen molar-refractivity contribution in [3.05, 3.63) is 65.7 Å². The highest BCUT2D eigenvalue weighted by molar-refractivity contribution is 5.97. The Morgan fingerprint density at radius 3 is 2.48 bits per heavy atom. The van der Waals surface area contributed by atoms with E-state index >= 15 is 0 Å². The number of hydrogen-bond acceptors (Lipinski definition) is 5. The van der Waals surface area contributed by atoms with Crippen LogP contribution in [0.4, 0.5) is 4.79 Å². The molecule has 2 N–H and O–H groups in total. The molecule has 7 heteroatoms. The molecular formula is C18H18N2O5. The Morgan fingerprint density at radius 2 is 1.76 bits per heavy atom. The van der Waals surface area contributed by atoms with E-state index in [1.54, 1.807) is 18.2 Å². The number of amides is 3. The van der Waals surface area contributed by atoms with Gasteiger partial charge in [-0.25, -0.2) is 9.59 Å². The number of esters is 1. The van der Waals surface area contributed by atoms with Gasteiger partial charge in [0, 0.05) is 7.05 Å². The van der Waals surface area contributed by atoms with Crippen molar-refractivity contribution in [3.8, 4) is 5.75 Å². The highest BCUT2D eigenvalue weighted by atomic mass is 16.5. The molecule has 0 fully saturated rings. The lowest BCUT2D eigenvalue weighted by atomic mass is 10.2. The van der Waals surface area contributed by atoms with Crippen molar-refractivity contribution in [1.29, 1.82) is 0 Å². The second-order valence-electron chi connectivity index (χ2n) is 5.01. The van der Waals surface area contributed by atoms with Crippen LogP contribution in [0, 0.1) is 0 Å². The molecule has 7 nitrogen and oxygen atoms in total. The van der Waals surface area contributed by atoms with Crippen LogP contribution < -0.4 is 15.4 Å². The summed E-state index contributed by atoms with van der Waals surface area (Å²) in [5.74, 6) is -0.894. The Morgan fingerprint density at radius 1 is 1.00 bits per heavy atom. The van der Waals surface area contributed by atoms with Crippen molar-refractivity contribution < 1.29 is 23.9 Å². The summed E-state index contributed by atoms with van der Waals surface area (Å²) in [6.45, 7) is -0.185. The summed E-state index contributed by atoms with van der Waals surface area (Å²) in [7, 11) is 1.37. The van der Waals surface area contributed by atoms with Crippen LogP contribution in [0.1, 0.15) is 15.9 Å². The van der Waals surface area contributed by atoms with Gasteiger partial charge in [0.2, 0.25) is 0 Å². The first-order chi connectivity index (χ1) is 12.1. The standard InChI is InChI=1S/C18H18N2O5/c1-19-18(23)20-16(21)12-25-17(22)14-8-5-9-15(10-14)24-11-13-6-3-2-4-7-13/h2-10H,11-12H2,1H3,(H2,19,20,21,23). The van der Waals surface area contributed by atoms with Crippen LogP contribution >= 0.6 is 0 Å². The average molecular weight is 342 g/mol. The summed E-state index contributed by atoms with van der Waals surface area (Å²) in [6, 6.07) is 15.4. The van der Waals surface area contributed by atoms with E-state index in [1.165, 1.54) is 13.1 Å². The second-order valence-corrected chi connectivity index (χ2v) is 5.01. The van der Waals surface area contributed by atoms with Gasteiger partial charge < -0.3 is 14.8 Å². The number of hydrogen-bond donors (Lipinski definition) is 2. The lowest BCUT2D eigenvalue weighted by molar-refractivity contribution is -0.123. The van der Waals surface area contributed by atoms with Crippen LogP contribution in [0.5, 0.6) is 5.75 Å². The van der Waals surface area contributed by atoms with Crippen LogP contribution in [-0.2, 0) is 16.1 Å². The fourth-order valence-electron chi connectivity index (χ4n) is 1.89. The number of imide groups is 1. The van der Waals surface area contributed by atoms with Crippen LogP contribution in [-0.4, -0.2) is 31.6 Å². The summed E-state index contributed by atoms with van der Waals surface area (Å²) in [4.78, 5) is 34.3. The number of rotatable bonds is 6. The molecule has 0 spiro atoms. The summed E-state index contributed by atoms with van der Waals surface area (Å²) >= 11 is 0. The van der Waals surface area contributed by atoms with Crippen molar-refractivity contribution in [1.82, 2.24) is 10.6 Å². The van der Waals surface area contributed by atoms with Gasteiger partial charge in [0.05, 0.1) is 5.56 Å². The summed E-state index contributed by atoms with van der Waals surface area (Å²) in [5, 5.41) is 4.22. The predicted octanol–water partition coefficient (Wildman–Crippen LogP) is 1.88. The van der Waals surface area contributed by atoms with E-state index in [2.05, 4.69) is 5.32 Å². The summed E-state index contributed by atoms with van der Waals surface area (Å²) in [6.07, 6.45) is 0. The Bertz CT molecular complexity index is 746. The zero-order chi connectivity index (χ0) is 18.1. The molecule has 130 valence electrons. The van der Waals surface area contributed by atoms with Gasteiger partial charge in [0.25, 0.3) is 5.91 Å². The lowest BCUT2D eigenvalue weighted by Crippen LogP contribution is -2.39. The van der Waals surface area contributed by atoms with Crippen molar-refractivity contribution in [2.24, 2.45) is 0 Å². The predicted molar refractivity (Wildman–Crippen MR) is 90.1 cm³/mol. The number of urea groups is 1. The topological polar surface area (TPSA) is 93.7 Å². The summed E-state index contributed by atoms with van der Waals surface area (Å²) < 4.78 is 10.5. The molecule has 0 atom stereocenters. The number of nitrogens with one attached hydrogen (secondary N) is 2. The van der Waals surface area contributed by atoms with Crippen LogP contribution in [0.25, 0.3) is 0 Å². The highest BCUT2D eigenvalue weighted by Crippen LogP contribution is 2.16. The minimum Gasteiger partial charge on any atom is -0.489 e. The van der Waals surface area contributed by atoms with Crippen molar-refractivity contribution in [2.75, 3.05) is 13.7 Å². The molecule has 0 saturated heterocycles. The molecule has 25 heavy (non-hydrogen) atoms. The van der Waals surface area contributed by atoms with Gasteiger partial charge in [-0.05, 0) is 23.8 Å². The summed E-state index contributed by atoms with van der Waals surface area (Å²) in [5.41, 5.74) is 1.25. The number of carbonyl (C=O) groups excluding carboxylic acids is 3. The fraction of sp³-hybridized carbons (Fsp3) is 0.167. The lowest BCUT2D eigenvalue weighted by Gasteiger charge is -2.08. The van der Waals surface area contributed by atoms with E-state index in [1.807, 2.05) is 35.6 Å². The quantitative estimate of drug-likeness (QED) is 0.782. The Kier molecular flexibility index (Phi) is 6.53. The Balaban J connectivity index is 1.88. The zero-order valence-electron chi connectivity index (χ0n) is 13.7. The maximum Gasteiger partial charge on any atom is 0.338 e. The molecule has 2 aromatic carbocycles. The first-order valence-corrected chi connectivity index (χ1v) is 7.54. The number of benzene rings is 2. The van der Waals surface area contributed by atoms with Crippen LogP contribution in [0.15, 0.2) is 54.6 Å². The molecular weight excluding hydrogens is 324 g/mol. The molecule has 2 rings (SSSR count). The third-order valence-corrected chi connectivity index (χ3v) is 3.13. The van der Waals surface area contributed by atoms with E-state index in [0.29, 0.717) is 12.4 Å². The maximum absolute atomic E-state index is 12.0. The van der Waals surface area contributed by atoms with E-state index in [-0.39, 0.29) is 5.56 Å². The minimum atomic E-state index is -0.718. The van der Waals surface area contributed by atoms with Gasteiger partial charge in [-0.1, -0.05) is 36.4 Å². The van der Waals surface area contributed by atoms with E-state index in [4.69, 9.17) is 9.47 Å². The average Bonchev–Trinajstić information content (AvgIpc) is 2.65. The van der Waals surface area contributed by atoms with Crippen LogP contribution in [0.2, 0.25) is 0 Å². The van der Waals surface area contributed by atoms with Gasteiger partial charge in [-0.2, -0.15) is 0 Å². The second kappa shape index (κ2) is 9.07. The molecule has 0 heterocycles. The molecule has 0 unspecified atom stereocenters. The van der Waals surface area contributed by atoms with Crippen molar-refractivity contribution in [2.45, 2.75) is 6.61 Å². The molecule has 0 bridgehead atoms. The molecule has 0 aliphatic carbocycles. The van der Waals surface area contributed by atoms with Crippen molar-refractivity contribution in [3.63, 3.8) is 0 Å². The monoisotopic (exact) mass is 342 g/mol. The van der Waals surface area contributed by atoms with E-state index < -0.39 is 24.5 Å². The van der Waals surface area contributed by atoms with Gasteiger partial charge in [0.15, 0.2) is 6.61 Å². The van der Waals surface area contributed by atoms with Gasteiger partial charge in [0.1, 0.15) is 12.4 Å². The number of ether oxygens (including phenoxy) is 2. The molecule has 0 aromatic heterocycles. The first-order valence-electron chi connectivity index (χ1n) is 7.54. The molecule has 0 aliphatic heterocycles. The van der Waals surface area contributed by atoms with E-state index in [0.717, 1.165) is 5.56 Å². The minimum absolute atomic E-state index is 0.248. The van der Waals surface area contributed by atoms with Gasteiger partial charge in [-0.3, -0.25) is 10.1 Å². The SMILES string of the molecule is CNC(=O)NC(=O)COC(=O)c1cccc(OCc2ccccc2)c1. The molecule has 0 aliphatic rings. The molecule has 0 saturated carbocycles. The Labute approximate surface area is 144 Å². The third-order valence-electron chi connectivity index (χ3n) is 3.13. The zero-order valence-corrected chi connectivity index (χ0v) is 13.7. The maximum atomic E-state index is 12.0. The van der Waals surface area contributed by atoms with Crippen LogP contribution in [0.3, 0.4) is 0 Å². The third kappa shape index (κ3) is 5.98. The first kappa shape index (κ1) is 18.0. The highest BCUT2D eigenvalue weighted by Gasteiger charge is 2.12. The molecule has 2 aromatic rings. The van der Waals surface area contributed by atoms with E-state index in [9.17, 15) is 14.4 Å². The fourth-order valence-corrected chi connectivity index (χ4v) is 1.89. The van der Waals surface area contributed by atoms with Gasteiger partial charge >= 0.3 is 12.0 Å². The molecule has 0 radical (unpaired) electrons. The Hall–Kier alpha value is -3.35. The normalized spacial score (nSPS) is 9.80. The smallest absolute Gasteiger partial charge is 0.338 e. The van der Waals surface area contributed by atoms with Crippen molar-refractivity contribution >= 4 is 17.9 Å². The largest absolute Gasteiger partial charge is 0.489 e.